The van der Waals surface area contributed by atoms with E-state index in [0.29, 0.717) is 11.1 Å². The molecular formula is C12H14N2O4. The first-order valence-electron chi connectivity index (χ1n) is 5.39. The number of nitro benzene ring substituents is 1. The molecule has 0 aromatic heterocycles. The number of hydrogen-bond acceptors (Lipinski definition) is 4. The van der Waals surface area contributed by atoms with E-state index in [4.69, 9.17) is 0 Å². The number of rotatable bonds is 4. The summed E-state index contributed by atoms with van der Waals surface area (Å²) in [7, 11) is 0. The first kappa shape index (κ1) is 13.8. The number of carbonyl (C=O) groups is 2. The van der Waals surface area contributed by atoms with Crippen LogP contribution >= 0.6 is 0 Å². The largest absolute Gasteiger partial charge is 0.343 e. The number of Topliss-reactive ketones (excluding diaryl/α,β-unsaturated/α-hetero) is 1. The topological polar surface area (TPSA) is 89.3 Å². The zero-order valence-corrected chi connectivity index (χ0v) is 10.4. The molecule has 0 aliphatic carbocycles. The van der Waals surface area contributed by atoms with Gasteiger partial charge in [0.05, 0.1) is 11.0 Å². The predicted molar refractivity (Wildman–Crippen MR) is 65.4 cm³/mol. The molecule has 96 valence electrons. The Labute approximate surface area is 104 Å². The molecule has 1 aromatic rings. The van der Waals surface area contributed by atoms with Gasteiger partial charge in [-0.25, -0.2) is 0 Å². The van der Waals surface area contributed by atoms with Crippen LogP contribution in [0.2, 0.25) is 0 Å². The van der Waals surface area contributed by atoms with Gasteiger partial charge in [-0.15, -0.1) is 0 Å². The van der Waals surface area contributed by atoms with E-state index in [9.17, 15) is 19.7 Å². The molecule has 6 nitrogen and oxygen atoms in total. The number of nitrogens with zero attached hydrogens (tertiary/aromatic N) is 1. The van der Waals surface area contributed by atoms with E-state index in [-0.39, 0.29) is 11.5 Å². The average molecular weight is 250 g/mol. The Morgan fingerprint density at radius 3 is 2.44 bits per heavy atom. The molecule has 1 aromatic carbocycles. The lowest BCUT2D eigenvalue weighted by molar-refractivity contribution is -0.385. The van der Waals surface area contributed by atoms with Crippen LogP contribution in [-0.4, -0.2) is 22.7 Å². The number of hydrogen-bond donors (Lipinski definition) is 1. The van der Waals surface area contributed by atoms with Crippen LogP contribution in [0.15, 0.2) is 18.2 Å². The lowest BCUT2D eigenvalue weighted by atomic mass is 10.1. The first-order valence-corrected chi connectivity index (χ1v) is 5.39. The van der Waals surface area contributed by atoms with Gasteiger partial charge in [0.25, 0.3) is 11.6 Å². The van der Waals surface area contributed by atoms with Crippen molar-refractivity contribution >= 4 is 17.4 Å². The number of nitrogens with one attached hydrogen (secondary N) is 1. The van der Waals surface area contributed by atoms with Gasteiger partial charge in [-0.1, -0.05) is 0 Å². The number of carbonyl (C=O) groups excluding carboxylic acids is 2. The van der Waals surface area contributed by atoms with Crippen LogP contribution in [0.5, 0.6) is 0 Å². The van der Waals surface area contributed by atoms with Crippen molar-refractivity contribution in [3.05, 3.63) is 39.4 Å². The van der Waals surface area contributed by atoms with E-state index >= 15 is 0 Å². The molecular weight excluding hydrogens is 236 g/mol. The Morgan fingerprint density at radius 1 is 1.39 bits per heavy atom. The van der Waals surface area contributed by atoms with E-state index < -0.39 is 16.9 Å². The Bertz CT molecular complexity index is 511. The molecule has 1 N–H and O–H groups in total. The minimum atomic E-state index is -0.576. The highest BCUT2D eigenvalue weighted by molar-refractivity contribution is 5.97. The number of amides is 1. The van der Waals surface area contributed by atoms with Crippen molar-refractivity contribution in [2.45, 2.75) is 26.8 Å². The van der Waals surface area contributed by atoms with Gasteiger partial charge in [-0.05, 0) is 32.9 Å². The maximum Gasteiger partial charge on any atom is 0.272 e. The predicted octanol–water partition coefficient (Wildman–Crippen LogP) is 1.61. The van der Waals surface area contributed by atoms with Crippen molar-refractivity contribution < 1.29 is 14.5 Å². The fraction of sp³-hybridized carbons (Fsp3) is 0.333. The highest BCUT2D eigenvalue weighted by Crippen LogP contribution is 2.18. The smallest absolute Gasteiger partial charge is 0.272 e. The third kappa shape index (κ3) is 3.13. The van der Waals surface area contributed by atoms with Crippen molar-refractivity contribution in [3.8, 4) is 0 Å². The Morgan fingerprint density at radius 2 is 2.00 bits per heavy atom. The number of benzene rings is 1. The van der Waals surface area contributed by atoms with E-state index in [1.165, 1.54) is 25.1 Å². The van der Waals surface area contributed by atoms with Crippen LogP contribution in [0.4, 0.5) is 5.69 Å². The van der Waals surface area contributed by atoms with Crippen molar-refractivity contribution in [2.75, 3.05) is 0 Å². The summed E-state index contributed by atoms with van der Waals surface area (Å²) >= 11 is 0. The van der Waals surface area contributed by atoms with Crippen molar-refractivity contribution in [3.63, 3.8) is 0 Å². The van der Waals surface area contributed by atoms with Crippen molar-refractivity contribution in [1.82, 2.24) is 5.32 Å². The number of nitro groups is 1. The molecule has 1 amide bonds. The molecule has 0 fully saturated rings. The Hall–Kier alpha value is -2.24. The number of aryl methyl sites for hydroxylation is 1. The summed E-state index contributed by atoms with van der Waals surface area (Å²) in [4.78, 5) is 32.9. The monoisotopic (exact) mass is 250 g/mol. The Kier molecular flexibility index (Phi) is 4.14. The Balaban J connectivity index is 2.91. The summed E-state index contributed by atoms with van der Waals surface area (Å²) in [6, 6.07) is 3.50. The molecule has 0 radical (unpaired) electrons. The standard InChI is InChI=1S/C12H14N2O4/c1-7-6-10(4-5-11(7)14(17)18)12(16)13-8(2)9(3)15/h4-6,8H,1-3H3,(H,13,16). The second-order valence-corrected chi connectivity index (χ2v) is 4.06. The van der Waals surface area contributed by atoms with E-state index in [2.05, 4.69) is 5.32 Å². The highest BCUT2D eigenvalue weighted by atomic mass is 16.6. The minimum absolute atomic E-state index is 0.0360. The molecule has 6 heteroatoms. The van der Waals surface area contributed by atoms with Gasteiger partial charge < -0.3 is 5.32 Å². The second-order valence-electron chi connectivity index (χ2n) is 4.06. The molecule has 1 atom stereocenters. The van der Waals surface area contributed by atoms with Crippen molar-refractivity contribution in [2.24, 2.45) is 0 Å². The zero-order chi connectivity index (χ0) is 13.9. The van der Waals surface area contributed by atoms with E-state index in [1.54, 1.807) is 13.8 Å². The van der Waals surface area contributed by atoms with Crippen LogP contribution in [0.25, 0.3) is 0 Å². The lowest BCUT2D eigenvalue weighted by Crippen LogP contribution is -2.37. The van der Waals surface area contributed by atoms with Crippen LogP contribution in [0.1, 0.15) is 29.8 Å². The molecule has 0 saturated heterocycles. The van der Waals surface area contributed by atoms with Gasteiger partial charge in [-0.2, -0.15) is 0 Å². The summed E-state index contributed by atoms with van der Waals surface area (Å²) in [6.07, 6.45) is 0. The molecule has 1 rings (SSSR count). The summed E-state index contributed by atoms with van der Waals surface area (Å²) in [5, 5.41) is 13.1. The average Bonchev–Trinajstić information content (AvgIpc) is 2.27. The quantitative estimate of drug-likeness (QED) is 0.649. The molecule has 18 heavy (non-hydrogen) atoms. The fourth-order valence-electron chi connectivity index (χ4n) is 1.38. The molecule has 0 aliphatic heterocycles. The van der Waals surface area contributed by atoms with Gasteiger partial charge in [0.2, 0.25) is 0 Å². The van der Waals surface area contributed by atoms with Crippen LogP contribution in [-0.2, 0) is 4.79 Å². The summed E-state index contributed by atoms with van der Waals surface area (Å²) in [5.74, 6) is -0.572. The van der Waals surface area contributed by atoms with Gasteiger partial charge in [-0.3, -0.25) is 19.7 Å². The third-order valence-corrected chi connectivity index (χ3v) is 2.61. The highest BCUT2D eigenvalue weighted by Gasteiger charge is 2.16. The maximum atomic E-state index is 11.8. The molecule has 1 unspecified atom stereocenters. The summed E-state index contributed by atoms with van der Waals surface area (Å²) in [6.45, 7) is 4.52. The van der Waals surface area contributed by atoms with Crippen molar-refractivity contribution in [1.29, 1.82) is 0 Å². The number of ketones is 1. The van der Waals surface area contributed by atoms with Crippen LogP contribution < -0.4 is 5.32 Å². The maximum absolute atomic E-state index is 11.8. The second kappa shape index (κ2) is 5.39. The van der Waals surface area contributed by atoms with Gasteiger partial charge in [0, 0.05) is 17.2 Å². The molecule has 0 saturated carbocycles. The van der Waals surface area contributed by atoms with E-state index in [0.717, 1.165) is 0 Å². The van der Waals surface area contributed by atoms with Gasteiger partial charge in [0.1, 0.15) is 0 Å². The SMILES string of the molecule is CC(=O)C(C)NC(=O)c1ccc([N+](=O)[O-])c(C)c1. The normalized spacial score (nSPS) is 11.7. The van der Waals surface area contributed by atoms with Gasteiger partial charge in [0.15, 0.2) is 5.78 Å². The van der Waals surface area contributed by atoms with Crippen LogP contribution in [0.3, 0.4) is 0 Å². The third-order valence-electron chi connectivity index (χ3n) is 2.61. The fourth-order valence-corrected chi connectivity index (χ4v) is 1.38. The summed E-state index contributed by atoms with van der Waals surface area (Å²) < 4.78 is 0. The lowest BCUT2D eigenvalue weighted by Gasteiger charge is -2.10. The molecule has 0 aliphatic rings. The minimum Gasteiger partial charge on any atom is -0.343 e. The van der Waals surface area contributed by atoms with Crippen LogP contribution in [0, 0.1) is 17.0 Å². The zero-order valence-electron chi connectivity index (χ0n) is 10.4. The van der Waals surface area contributed by atoms with E-state index in [1.807, 2.05) is 0 Å². The molecule has 0 spiro atoms. The van der Waals surface area contributed by atoms with Gasteiger partial charge >= 0.3 is 0 Å². The summed E-state index contributed by atoms with van der Waals surface area (Å²) in [5.41, 5.74) is 0.667. The molecule has 0 bridgehead atoms. The molecule has 0 heterocycles. The first-order chi connectivity index (χ1) is 8.32.